The molecule has 0 fully saturated rings. The fraction of sp³-hybridized carbons (Fsp3) is 0.545. The van der Waals surface area contributed by atoms with E-state index in [9.17, 15) is 0 Å². The minimum atomic E-state index is 1.02. The first-order valence-corrected chi connectivity index (χ1v) is 5.96. The van der Waals surface area contributed by atoms with Crippen molar-refractivity contribution in [1.82, 2.24) is 4.98 Å². The minimum absolute atomic E-state index is 1.02. The lowest BCUT2D eigenvalue weighted by Gasteiger charge is -2.05. The van der Waals surface area contributed by atoms with Crippen molar-refractivity contribution in [2.75, 3.05) is 11.9 Å². The van der Waals surface area contributed by atoms with Crippen molar-refractivity contribution >= 4 is 21.6 Å². The molecule has 1 rings (SSSR count). The largest absolute Gasteiger partial charge is 0.384 e. The van der Waals surface area contributed by atoms with Crippen LogP contribution >= 0.6 is 15.9 Å². The lowest BCUT2D eigenvalue weighted by Crippen LogP contribution is -2.01. The summed E-state index contributed by atoms with van der Waals surface area (Å²) in [4.78, 5) is 4.09. The highest BCUT2D eigenvalue weighted by molar-refractivity contribution is 9.10. The molecule has 1 N–H and O–H groups in total. The second kappa shape index (κ2) is 6.82. The highest BCUT2D eigenvalue weighted by Crippen LogP contribution is 2.13. The second-order valence-corrected chi connectivity index (χ2v) is 4.29. The van der Waals surface area contributed by atoms with Gasteiger partial charge in [-0.3, -0.25) is 4.98 Å². The lowest BCUT2D eigenvalue weighted by molar-refractivity contribution is 0.685. The zero-order valence-corrected chi connectivity index (χ0v) is 10.2. The van der Waals surface area contributed by atoms with Gasteiger partial charge in [-0.25, -0.2) is 0 Å². The monoisotopic (exact) mass is 256 g/mol. The Labute approximate surface area is 94.3 Å². The molecule has 0 atom stereocenters. The van der Waals surface area contributed by atoms with Crippen molar-refractivity contribution in [3.8, 4) is 0 Å². The zero-order valence-electron chi connectivity index (χ0n) is 8.59. The number of aromatic nitrogens is 1. The van der Waals surface area contributed by atoms with Gasteiger partial charge in [-0.2, -0.15) is 0 Å². The van der Waals surface area contributed by atoms with E-state index in [-0.39, 0.29) is 0 Å². The van der Waals surface area contributed by atoms with Crippen molar-refractivity contribution < 1.29 is 0 Å². The van der Waals surface area contributed by atoms with Crippen LogP contribution in [0.3, 0.4) is 0 Å². The van der Waals surface area contributed by atoms with Crippen LogP contribution in [-0.2, 0) is 0 Å². The molecule has 0 bridgehead atoms. The molecule has 1 aromatic heterocycles. The molecule has 1 heterocycles. The number of pyridine rings is 1. The maximum Gasteiger partial charge on any atom is 0.0538 e. The lowest BCUT2D eigenvalue weighted by atomic mass is 10.2. The first-order chi connectivity index (χ1) is 6.83. The summed E-state index contributed by atoms with van der Waals surface area (Å²) >= 11 is 3.39. The van der Waals surface area contributed by atoms with E-state index >= 15 is 0 Å². The van der Waals surface area contributed by atoms with Gasteiger partial charge in [-0.1, -0.05) is 26.2 Å². The number of nitrogens with one attached hydrogen (secondary N) is 1. The summed E-state index contributed by atoms with van der Waals surface area (Å²) in [6.45, 7) is 3.27. The minimum Gasteiger partial charge on any atom is -0.384 e. The molecule has 2 nitrogen and oxygen atoms in total. The molecule has 0 aromatic carbocycles. The van der Waals surface area contributed by atoms with Crippen LogP contribution in [0.4, 0.5) is 5.69 Å². The van der Waals surface area contributed by atoms with Gasteiger partial charge in [0.2, 0.25) is 0 Å². The summed E-state index contributed by atoms with van der Waals surface area (Å²) in [6.07, 6.45) is 8.81. The van der Waals surface area contributed by atoms with Gasteiger partial charge in [0.1, 0.15) is 0 Å². The maximum absolute atomic E-state index is 4.09. The summed E-state index contributed by atoms with van der Waals surface area (Å²) < 4.78 is 1.02. The third-order valence-corrected chi connectivity index (χ3v) is 2.50. The van der Waals surface area contributed by atoms with Gasteiger partial charge in [-0.15, -0.1) is 0 Å². The highest BCUT2D eigenvalue weighted by atomic mass is 79.9. The molecule has 0 radical (unpaired) electrons. The van der Waals surface area contributed by atoms with Crippen LogP contribution in [0.2, 0.25) is 0 Å². The summed E-state index contributed by atoms with van der Waals surface area (Å²) in [5.74, 6) is 0. The van der Waals surface area contributed by atoms with E-state index in [0.717, 1.165) is 16.7 Å². The number of nitrogens with zero attached hydrogens (tertiary/aromatic N) is 1. The number of rotatable bonds is 6. The zero-order chi connectivity index (χ0) is 10.2. The van der Waals surface area contributed by atoms with Gasteiger partial charge in [0, 0.05) is 17.2 Å². The molecule has 78 valence electrons. The molecule has 0 aliphatic rings. The summed E-state index contributed by atoms with van der Waals surface area (Å²) in [7, 11) is 0. The number of halogens is 1. The highest BCUT2D eigenvalue weighted by Gasteiger charge is 1.93. The first-order valence-electron chi connectivity index (χ1n) is 5.17. The fourth-order valence-corrected chi connectivity index (χ4v) is 1.66. The van der Waals surface area contributed by atoms with Gasteiger partial charge in [0.25, 0.3) is 0 Å². The van der Waals surface area contributed by atoms with Crippen LogP contribution in [0.25, 0.3) is 0 Å². The molecule has 1 aromatic rings. The molecule has 0 aliphatic heterocycles. The topological polar surface area (TPSA) is 24.9 Å². The van der Waals surface area contributed by atoms with Crippen molar-refractivity contribution in [2.45, 2.75) is 32.6 Å². The number of hydrogen-bond acceptors (Lipinski definition) is 2. The Kier molecular flexibility index (Phi) is 5.60. The van der Waals surface area contributed by atoms with E-state index in [1.54, 1.807) is 6.20 Å². The van der Waals surface area contributed by atoms with Crippen molar-refractivity contribution in [2.24, 2.45) is 0 Å². The molecule has 0 spiro atoms. The third kappa shape index (κ3) is 4.61. The average molecular weight is 257 g/mol. The summed E-state index contributed by atoms with van der Waals surface area (Å²) in [5, 5.41) is 3.35. The quantitative estimate of drug-likeness (QED) is 0.783. The summed E-state index contributed by atoms with van der Waals surface area (Å²) in [5.41, 5.74) is 1.09. The molecule has 0 amide bonds. The standard InChI is InChI=1S/C11H17BrN2/c1-2-3-4-5-6-14-11-7-10(12)8-13-9-11/h7-9,14H,2-6H2,1H3. The predicted molar refractivity (Wildman–Crippen MR) is 64.6 cm³/mol. The molecule has 3 heteroatoms. The van der Waals surface area contributed by atoms with E-state index in [2.05, 4.69) is 33.2 Å². The average Bonchev–Trinajstić information content (AvgIpc) is 2.18. The van der Waals surface area contributed by atoms with E-state index < -0.39 is 0 Å². The van der Waals surface area contributed by atoms with Gasteiger partial charge >= 0.3 is 0 Å². The third-order valence-electron chi connectivity index (χ3n) is 2.06. The number of anilines is 1. The Balaban J connectivity index is 2.18. The van der Waals surface area contributed by atoms with Gasteiger partial charge in [0.05, 0.1) is 11.9 Å². The van der Waals surface area contributed by atoms with Gasteiger partial charge in [0.15, 0.2) is 0 Å². The normalized spacial score (nSPS) is 10.1. The molecule has 0 unspecified atom stereocenters. The molecular weight excluding hydrogens is 240 g/mol. The van der Waals surface area contributed by atoms with Gasteiger partial charge in [-0.05, 0) is 28.4 Å². The van der Waals surface area contributed by atoms with Crippen LogP contribution in [-0.4, -0.2) is 11.5 Å². The second-order valence-electron chi connectivity index (χ2n) is 3.38. The Morgan fingerprint density at radius 1 is 1.29 bits per heavy atom. The van der Waals surface area contributed by atoms with Crippen molar-refractivity contribution in [3.63, 3.8) is 0 Å². The fourth-order valence-electron chi connectivity index (χ4n) is 1.29. The maximum atomic E-state index is 4.09. The van der Waals surface area contributed by atoms with Crippen molar-refractivity contribution in [3.05, 3.63) is 22.9 Å². The van der Waals surface area contributed by atoms with E-state index in [0.29, 0.717) is 0 Å². The van der Waals surface area contributed by atoms with Crippen LogP contribution in [0, 0.1) is 0 Å². The van der Waals surface area contributed by atoms with Gasteiger partial charge < -0.3 is 5.32 Å². The smallest absolute Gasteiger partial charge is 0.0538 e. The van der Waals surface area contributed by atoms with Crippen LogP contribution < -0.4 is 5.32 Å². The molecular formula is C11H17BrN2. The molecule has 0 saturated heterocycles. The van der Waals surface area contributed by atoms with E-state index in [1.165, 1.54) is 25.7 Å². The van der Waals surface area contributed by atoms with Crippen LogP contribution in [0.1, 0.15) is 32.6 Å². The predicted octanol–water partition coefficient (Wildman–Crippen LogP) is 3.84. The SMILES string of the molecule is CCCCCCNc1cncc(Br)c1. The number of hydrogen-bond donors (Lipinski definition) is 1. The number of unbranched alkanes of at least 4 members (excludes halogenated alkanes) is 3. The molecule has 0 aliphatic carbocycles. The van der Waals surface area contributed by atoms with E-state index in [1.807, 2.05) is 12.3 Å². The Bertz CT molecular complexity index is 263. The Morgan fingerprint density at radius 3 is 2.86 bits per heavy atom. The van der Waals surface area contributed by atoms with Crippen LogP contribution in [0.15, 0.2) is 22.9 Å². The van der Waals surface area contributed by atoms with Crippen molar-refractivity contribution in [1.29, 1.82) is 0 Å². The Morgan fingerprint density at radius 2 is 2.14 bits per heavy atom. The first kappa shape index (κ1) is 11.5. The molecule has 0 saturated carbocycles. The summed E-state index contributed by atoms with van der Waals surface area (Å²) in [6, 6.07) is 2.05. The Hall–Kier alpha value is -0.570. The van der Waals surface area contributed by atoms with E-state index in [4.69, 9.17) is 0 Å². The molecule has 14 heavy (non-hydrogen) atoms. The van der Waals surface area contributed by atoms with Crippen LogP contribution in [0.5, 0.6) is 0 Å².